The van der Waals surface area contributed by atoms with E-state index in [9.17, 15) is 21.6 Å². The zero-order valence-corrected chi connectivity index (χ0v) is 23.0. The van der Waals surface area contributed by atoms with Crippen LogP contribution < -0.4 is 4.74 Å². The highest BCUT2D eigenvalue weighted by Gasteiger charge is 2.31. The van der Waals surface area contributed by atoms with Gasteiger partial charge in [0.25, 0.3) is 0 Å². The summed E-state index contributed by atoms with van der Waals surface area (Å²) in [6.45, 7) is 2.23. The van der Waals surface area contributed by atoms with Crippen molar-refractivity contribution < 1.29 is 26.3 Å². The topological polar surface area (TPSA) is 43.4 Å². The molecule has 4 rings (SSSR count). The van der Waals surface area contributed by atoms with E-state index >= 15 is 0 Å². The van der Waals surface area contributed by atoms with Crippen molar-refractivity contribution in [2.45, 2.75) is 75.5 Å². The Morgan fingerprint density at radius 1 is 0.872 bits per heavy atom. The van der Waals surface area contributed by atoms with Crippen LogP contribution in [0.2, 0.25) is 0 Å². The van der Waals surface area contributed by atoms with Crippen molar-refractivity contribution in [2.24, 2.45) is 5.92 Å². The molecule has 0 heterocycles. The van der Waals surface area contributed by atoms with Crippen molar-refractivity contribution in [2.75, 3.05) is 0 Å². The Hall–Kier alpha value is -3.06. The van der Waals surface area contributed by atoms with Gasteiger partial charge in [-0.2, -0.15) is 0 Å². The summed E-state index contributed by atoms with van der Waals surface area (Å²) < 4.78 is 69.0. The Morgan fingerprint density at radius 2 is 1.51 bits per heavy atom. The predicted octanol–water partition coefficient (Wildman–Crippen LogP) is 9.41. The van der Waals surface area contributed by atoms with E-state index in [0.717, 1.165) is 18.8 Å². The second-order valence-electron chi connectivity index (χ2n) is 10.3. The Bertz CT molecular complexity index is 1320. The molecular formula is C32H35F3O3S. The lowest BCUT2D eigenvalue weighted by atomic mass is 9.77. The lowest BCUT2D eigenvalue weighted by Gasteiger charge is -2.29. The molecule has 1 aliphatic rings. The third kappa shape index (κ3) is 7.98. The van der Waals surface area contributed by atoms with Crippen LogP contribution in [0.1, 0.15) is 80.9 Å². The first kappa shape index (κ1) is 28.9. The first-order valence-electron chi connectivity index (χ1n) is 13.6. The maximum absolute atomic E-state index is 13.7. The van der Waals surface area contributed by atoms with Gasteiger partial charge in [0, 0.05) is 0 Å². The molecule has 0 aromatic heterocycles. The fourth-order valence-corrected chi connectivity index (χ4v) is 6.85. The molecule has 7 heteroatoms. The molecule has 1 aliphatic carbocycles. The fraction of sp³-hybridized carbons (Fsp3) is 0.375. The number of halogens is 3. The van der Waals surface area contributed by atoms with Crippen LogP contribution in [0.5, 0.6) is 5.75 Å². The lowest BCUT2D eigenvalue weighted by Crippen LogP contribution is -2.16. The first-order chi connectivity index (χ1) is 18.7. The van der Waals surface area contributed by atoms with E-state index in [1.165, 1.54) is 86.6 Å². The Morgan fingerprint density at radius 3 is 2.10 bits per heavy atom. The van der Waals surface area contributed by atoms with Gasteiger partial charge in [-0.15, -0.1) is 13.2 Å². The third-order valence-electron chi connectivity index (χ3n) is 7.48. The minimum Gasteiger partial charge on any atom is -0.406 e. The highest BCUT2D eigenvalue weighted by atomic mass is 32.2. The molecule has 1 fully saturated rings. The van der Waals surface area contributed by atoms with E-state index in [-0.39, 0.29) is 15.6 Å². The molecule has 3 aromatic rings. The van der Waals surface area contributed by atoms with Crippen molar-refractivity contribution in [3.05, 3.63) is 95.6 Å². The van der Waals surface area contributed by atoms with Crippen LogP contribution in [-0.2, 0) is 9.84 Å². The van der Waals surface area contributed by atoms with Crippen LogP contribution in [0.3, 0.4) is 0 Å². The van der Waals surface area contributed by atoms with Crippen molar-refractivity contribution >= 4 is 20.8 Å². The molecule has 0 amide bonds. The van der Waals surface area contributed by atoms with Crippen LogP contribution in [-0.4, -0.2) is 14.8 Å². The van der Waals surface area contributed by atoms with Crippen LogP contribution >= 0.6 is 0 Å². The smallest absolute Gasteiger partial charge is 0.406 e. The second kappa shape index (κ2) is 12.9. The standard InChI is InChI=1S/C32H35F3O3S/c1-2-3-5-8-24-11-15-26(16-12-24)27-17-19-28(20-18-27)31(39(36,37)30-9-6-4-7-10-30)23-25-13-21-29(22-14-25)38-32(33,34)35/h4,6-7,9-10,13-14,17-24,26H,2-3,5,8,11-12,15-16H2,1H3. The van der Waals surface area contributed by atoms with E-state index in [2.05, 4.69) is 11.7 Å². The van der Waals surface area contributed by atoms with Gasteiger partial charge in [0.1, 0.15) is 5.75 Å². The van der Waals surface area contributed by atoms with Gasteiger partial charge in [0.2, 0.25) is 9.84 Å². The Kier molecular flexibility index (Phi) is 9.54. The number of hydrogen-bond donors (Lipinski definition) is 0. The Labute approximate surface area is 229 Å². The molecule has 208 valence electrons. The monoisotopic (exact) mass is 556 g/mol. The van der Waals surface area contributed by atoms with Crippen molar-refractivity contribution in [3.63, 3.8) is 0 Å². The van der Waals surface area contributed by atoms with Crippen LogP contribution in [0.15, 0.2) is 83.8 Å². The summed E-state index contributed by atoms with van der Waals surface area (Å²) in [6, 6.07) is 21.0. The molecule has 0 N–H and O–H groups in total. The fourth-order valence-electron chi connectivity index (χ4n) is 5.35. The molecule has 0 unspecified atom stereocenters. The first-order valence-corrected chi connectivity index (χ1v) is 15.1. The molecule has 3 nitrogen and oxygen atoms in total. The summed E-state index contributed by atoms with van der Waals surface area (Å²) in [6.07, 6.45) is 6.63. The number of ether oxygens (including phenoxy) is 1. The zero-order chi connectivity index (χ0) is 27.9. The number of rotatable bonds is 10. The highest BCUT2D eigenvalue weighted by molar-refractivity contribution is 8.00. The molecule has 3 aromatic carbocycles. The predicted molar refractivity (Wildman–Crippen MR) is 150 cm³/mol. The summed E-state index contributed by atoms with van der Waals surface area (Å²) in [5.74, 6) is 0.919. The number of benzene rings is 3. The minimum absolute atomic E-state index is 0.0874. The third-order valence-corrected chi connectivity index (χ3v) is 9.31. The van der Waals surface area contributed by atoms with Gasteiger partial charge < -0.3 is 4.74 Å². The van der Waals surface area contributed by atoms with Gasteiger partial charge in [-0.1, -0.05) is 87.2 Å². The van der Waals surface area contributed by atoms with E-state index < -0.39 is 16.2 Å². The largest absolute Gasteiger partial charge is 0.573 e. The minimum atomic E-state index is -4.80. The Balaban J connectivity index is 1.58. The maximum atomic E-state index is 13.7. The summed E-state index contributed by atoms with van der Waals surface area (Å²) in [5.41, 5.74) is 2.20. The summed E-state index contributed by atoms with van der Waals surface area (Å²) in [7, 11) is -3.90. The molecule has 0 atom stereocenters. The number of unbranched alkanes of at least 4 members (excludes halogenated alkanes) is 2. The maximum Gasteiger partial charge on any atom is 0.573 e. The summed E-state index contributed by atoms with van der Waals surface area (Å²) in [4.78, 5) is 0.239. The van der Waals surface area contributed by atoms with E-state index in [0.29, 0.717) is 17.0 Å². The molecule has 0 saturated heterocycles. The van der Waals surface area contributed by atoms with Gasteiger partial charge >= 0.3 is 6.36 Å². The lowest BCUT2D eigenvalue weighted by molar-refractivity contribution is -0.274. The van der Waals surface area contributed by atoms with Crippen LogP contribution in [0, 0.1) is 5.92 Å². The van der Waals surface area contributed by atoms with Gasteiger partial charge in [-0.05, 0) is 84.6 Å². The summed E-state index contributed by atoms with van der Waals surface area (Å²) >= 11 is 0. The van der Waals surface area contributed by atoms with Crippen LogP contribution in [0.25, 0.3) is 11.0 Å². The molecule has 0 aliphatic heterocycles. The molecular weight excluding hydrogens is 521 g/mol. The average molecular weight is 557 g/mol. The zero-order valence-electron chi connectivity index (χ0n) is 22.2. The molecule has 39 heavy (non-hydrogen) atoms. The van der Waals surface area contributed by atoms with E-state index in [1.807, 2.05) is 24.3 Å². The quantitative estimate of drug-likeness (QED) is 0.185. The number of hydrogen-bond acceptors (Lipinski definition) is 3. The molecule has 0 radical (unpaired) electrons. The number of sulfone groups is 1. The molecule has 0 bridgehead atoms. The van der Waals surface area contributed by atoms with Gasteiger partial charge in [-0.25, -0.2) is 8.42 Å². The normalized spacial score (nSPS) is 18.6. The summed E-state index contributed by atoms with van der Waals surface area (Å²) in [5, 5.41) is 0. The average Bonchev–Trinajstić information content (AvgIpc) is 2.93. The molecule has 0 spiro atoms. The van der Waals surface area contributed by atoms with Gasteiger partial charge in [0.05, 0.1) is 9.80 Å². The van der Waals surface area contributed by atoms with Crippen LogP contribution in [0.4, 0.5) is 13.2 Å². The van der Waals surface area contributed by atoms with Gasteiger partial charge in [0.15, 0.2) is 0 Å². The molecule has 1 saturated carbocycles. The SMILES string of the molecule is CCCCCC1CCC(c2ccc(C(=Cc3ccc(OC(F)(F)F)cc3)S(=O)(=O)c3ccccc3)cc2)CC1. The number of alkyl halides is 3. The highest BCUT2D eigenvalue weighted by Crippen LogP contribution is 2.39. The van der Waals surface area contributed by atoms with Crippen molar-refractivity contribution in [1.29, 1.82) is 0 Å². The van der Waals surface area contributed by atoms with Gasteiger partial charge in [-0.3, -0.25) is 0 Å². The van der Waals surface area contributed by atoms with Crippen molar-refractivity contribution in [3.8, 4) is 5.75 Å². The van der Waals surface area contributed by atoms with E-state index in [1.54, 1.807) is 18.2 Å². The second-order valence-corrected chi connectivity index (χ2v) is 12.2. The van der Waals surface area contributed by atoms with Crippen molar-refractivity contribution in [1.82, 2.24) is 0 Å². The van der Waals surface area contributed by atoms with E-state index in [4.69, 9.17) is 0 Å².